The Morgan fingerprint density at radius 3 is 2.59 bits per heavy atom. The van der Waals surface area contributed by atoms with E-state index in [0.29, 0.717) is 24.5 Å². The Hall–Kier alpha value is -0.450. The topological polar surface area (TPSA) is 72.6 Å². The minimum absolute atomic E-state index is 0.0500. The lowest BCUT2D eigenvalue weighted by atomic mass is 9.65. The predicted octanol–water partition coefficient (Wildman–Crippen LogP) is 2.52. The van der Waals surface area contributed by atoms with Gasteiger partial charge in [0.15, 0.2) is 0 Å². The van der Waals surface area contributed by atoms with Gasteiger partial charge in [-0.2, -0.15) is 0 Å². The maximum absolute atomic E-state index is 11.3. The van der Waals surface area contributed by atoms with Crippen LogP contribution in [0.2, 0.25) is 0 Å². The number of hydrogen-bond donors (Lipinski definition) is 2. The molecule has 0 radical (unpaired) electrons. The quantitative estimate of drug-likeness (QED) is 0.709. The molecule has 0 saturated heterocycles. The fourth-order valence-electron chi connectivity index (χ4n) is 4.22. The molecule has 0 aliphatic heterocycles. The molecule has 0 amide bonds. The number of rotatable bonds is 7. The molecule has 2 aliphatic carbocycles. The molecule has 0 heterocycles. The van der Waals surface area contributed by atoms with Crippen LogP contribution < -0.4 is 5.73 Å². The van der Waals surface area contributed by atoms with Crippen molar-refractivity contribution in [1.82, 2.24) is 0 Å². The molecule has 0 aromatic heterocycles. The van der Waals surface area contributed by atoms with E-state index < -0.39 is 0 Å². The maximum atomic E-state index is 11.3. The van der Waals surface area contributed by atoms with Gasteiger partial charge in [-0.15, -0.1) is 0 Å². The van der Waals surface area contributed by atoms with Gasteiger partial charge >= 0.3 is 0 Å². The SMILES string of the molecule is CC(C)(CO)C(N)CCOC1CCCC2C(C=O)CCCC12. The molecule has 3 N–H and O–H groups in total. The summed E-state index contributed by atoms with van der Waals surface area (Å²) >= 11 is 0. The van der Waals surface area contributed by atoms with Crippen LogP contribution >= 0.6 is 0 Å². The summed E-state index contributed by atoms with van der Waals surface area (Å²) in [4.78, 5) is 11.3. The van der Waals surface area contributed by atoms with Crippen molar-refractivity contribution in [3.8, 4) is 0 Å². The summed E-state index contributed by atoms with van der Waals surface area (Å²) in [6, 6.07) is -0.0500. The van der Waals surface area contributed by atoms with E-state index in [1.54, 1.807) is 0 Å². The zero-order valence-corrected chi connectivity index (χ0v) is 14.2. The van der Waals surface area contributed by atoms with Crippen LogP contribution in [0.25, 0.3) is 0 Å². The molecule has 5 atom stereocenters. The number of aliphatic hydroxyl groups excluding tert-OH is 1. The van der Waals surface area contributed by atoms with Crippen LogP contribution in [-0.4, -0.2) is 36.8 Å². The van der Waals surface area contributed by atoms with Crippen molar-refractivity contribution in [3.63, 3.8) is 0 Å². The average molecular weight is 311 g/mol. The lowest BCUT2D eigenvalue weighted by Crippen LogP contribution is -2.43. The number of carbonyl (C=O) groups is 1. The predicted molar refractivity (Wildman–Crippen MR) is 87.4 cm³/mol. The minimum Gasteiger partial charge on any atom is -0.396 e. The highest BCUT2D eigenvalue weighted by molar-refractivity contribution is 5.54. The summed E-state index contributed by atoms with van der Waals surface area (Å²) in [5.41, 5.74) is 5.91. The van der Waals surface area contributed by atoms with Crippen LogP contribution in [-0.2, 0) is 9.53 Å². The molecule has 128 valence electrons. The van der Waals surface area contributed by atoms with Crippen molar-refractivity contribution in [2.75, 3.05) is 13.2 Å². The van der Waals surface area contributed by atoms with E-state index in [1.165, 1.54) is 25.5 Å². The van der Waals surface area contributed by atoms with Crippen LogP contribution in [0.4, 0.5) is 0 Å². The third-order valence-electron chi connectivity index (χ3n) is 6.03. The normalized spacial score (nSPS) is 34.0. The average Bonchev–Trinajstić information content (AvgIpc) is 2.54. The maximum Gasteiger partial charge on any atom is 0.123 e. The van der Waals surface area contributed by atoms with Crippen molar-refractivity contribution in [3.05, 3.63) is 0 Å². The standard InChI is InChI=1S/C18H33NO3/c1-18(2,12-21)17(19)9-10-22-16-8-4-6-14-13(11-20)5-3-7-15(14)16/h11,13-17,21H,3-10,12,19H2,1-2H3. The molecule has 22 heavy (non-hydrogen) atoms. The van der Waals surface area contributed by atoms with Gasteiger partial charge in [0.2, 0.25) is 0 Å². The van der Waals surface area contributed by atoms with Gasteiger partial charge in [0.1, 0.15) is 6.29 Å². The molecule has 0 aromatic rings. The zero-order chi connectivity index (χ0) is 16.2. The first kappa shape index (κ1) is 17.9. The molecular weight excluding hydrogens is 278 g/mol. The van der Waals surface area contributed by atoms with Crippen molar-refractivity contribution in [2.24, 2.45) is 28.9 Å². The van der Waals surface area contributed by atoms with Crippen LogP contribution in [0.5, 0.6) is 0 Å². The third-order valence-corrected chi connectivity index (χ3v) is 6.03. The largest absolute Gasteiger partial charge is 0.396 e. The lowest BCUT2D eigenvalue weighted by molar-refractivity contribution is -0.119. The van der Waals surface area contributed by atoms with E-state index in [9.17, 15) is 9.90 Å². The number of hydrogen-bond acceptors (Lipinski definition) is 4. The van der Waals surface area contributed by atoms with E-state index in [0.717, 1.165) is 25.7 Å². The molecule has 4 heteroatoms. The second-order valence-electron chi connectivity index (χ2n) is 7.94. The number of carbonyl (C=O) groups excluding carboxylic acids is 1. The van der Waals surface area contributed by atoms with Gasteiger partial charge in [0, 0.05) is 30.6 Å². The van der Waals surface area contributed by atoms with Crippen molar-refractivity contribution < 1.29 is 14.6 Å². The Bertz CT molecular complexity index is 358. The van der Waals surface area contributed by atoms with Gasteiger partial charge in [-0.05, 0) is 43.9 Å². The number of nitrogens with two attached hydrogens (primary N) is 1. The highest BCUT2D eigenvalue weighted by atomic mass is 16.5. The van der Waals surface area contributed by atoms with Crippen LogP contribution in [0.3, 0.4) is 0 Å². The molecular formula is C18H33NO3. The molecule has 2 rings (SSSR count). The Balaban J connectivity index is 1.83. The van der Waals surface area contributed by atoms with E-state index >= 15 is 0 Å². The van der Waals surface area contributed by atoms with Gasteiger partial charge in [-0.25, -0.2) is 0 Å². The summed E-state index contributed by atoms with van der Waals surface area (Å²) in [5, 5.41) is 9.37. The van der Waals surface area contributed by atoms with Crippen molar-refractivity contribution >= 4 is 6.29 Å². The number of ether oxygens (including phenoxy) is 1. The van der Waals surface area contributed by atoms with E-state index in [4.69, 9.17) is 10.5 Å². The number of aliphatic hydroxyl groups is 1. The number of aldehydes is 1. The van der Waals surface area contributed by atoms with E-state index in [-0.39, 0.29) is 24.0 Å². The van der Waals surface area contributed by atoms with Gasteiger partial charge in [-0.1, -0.05) is 26.7 Å². The Labute approximate surface area is 134 Å². The Morgan fingerprint density at radius 1 is 1.23 bits per heavy atom. The molecule has 2 saturated carbocycles. The lowest BCUT2D eigenvalue weighted by Gasteiger charge is -2.44. The highest BCUT2D eigenvalue weighted by Crippen LogP contribution is 2.44. The van der Waals surface area contributed by atoms with Crippen LogP contribution in [0.15, 0.2) is 0 Å². The van der Waals surface area contributed by atoms with Crippen molar-refractivity contribution in [2.45, 2.75) is 70.9 Å². The summed E-state index contributed by atoms with van der Waals surface area (Å²) in [7, 11) is 0. The molecule has 2 aliphatic rings. The first-order valence-corrected chi connectivity index (χ1v) is 8.93. The van der Waals surface area contributed by atoms with Gasteiger partial charge in [0.05, 0.1) is 6.10 Å². The fraction of sp³-hybridized carbons (Fsp3) is 0.944. The van der Waals surface area contributed by atoms with Crippen LogP contribution in [0, 0.1) is 23.2 Å². The van der Waals surface area contributed by atoms with Crippen LogP contribution in [0.1, 0.15) is 58.8 Å². The monoisotopic (exact) mass is 311 g/mol. The summed E-state index contributed by atoms with van der Waals surface area (Å²) in [6.07, 6.45) is 9.14. The van der Waals surface area contributed by atoms with E-state index in [2.05, 4.69) is 0 Å². The second kappa shape index (κ2) is 7.89. The van der Waals surface area contributed by atoms with Gasteiger partial charge < -0.3 is 20.4 Å². The third kappa shape index (κ3) is 4.09. The van der Waals surface area contributed by atoms with Gasteiger partial charge in [-0.3, -0.25) is 0 Å². The number of fused-ring (bicyclic) bond motifs is 1. The molecule has 0 spiro atoms. The molecule has 0 bridgehead atoms. The Morgan fingerprint density at radius 2 is 1.91 bits per heavy atom. The smallest absolute Gasteiger partial charge is 0.123 e. The summed E-state index contributed by atoms with van der Waals surface area (Å²) in [5.74, 6) is 1.34. The Kier molecular flexibility index (Phi) is 6.42. The molecule has 0 aromatic carbocycles. The first-order chi connectivity index (χ1) is 10.5. The summed E-state index contributed by atoms with van der Waals surface area (Å²) < 4.78 is 6.18. The molecule has 2 fully saturated rings. The van der Waals surface area contributed by atoms with E-state index in [1.807, 2.05) is 13.8 Å². The van der Waals surface area contributed by atoms with Gasteiger partial charge in [0.25, 0.3) is 0 Å². The minimum atomic E-state index is -0.258. The highest BCUT2D eigenvalue weighted by Gasteiger charge is 2.40. The molecule has 4 nitrogen and oxygen atoms in total. The first-order valence-electron chi connectivity index (χ1n) is 8.93. The molecule has 5 unspecified atom stereocenters. The summed E-state index contributed by atoms with van der Waals surface area (Å²) in [6.45, 7) is 4.74. The zero-order valence-electron chi connectivity index (χ0n) is 14.2. The second-order valence-corrected chi connectivity index (χ2v) is 7.94. The van der Waals surface area contributed by atoms with Crippen molar-refractivity contribution in [1.29, 1.82) is 0 Å². The fourth-order valence-corrected chi connectivity index (χ4v) is 4.22.